The maximum atomic E-state index is 13.0. The van der Waals surface area contributed by atoms with Crippen LogP contribution in [0.2, 0.25) is 5.02 Å². The molecule has 0 bridgehead atoms. The molecule has 0 heterocycles. The zero-order chi connectivity index (χ0) is 15.4. The quantitative estimate of drug-likeness (QED) is 0.789. The van der Waals surface area contributed by atoms with E-state index in [1.807, 2.05) is 0 Å². The molecule has 0 saturated carbocycles. The van der Waals surface area contributed by atoms with E-state index >= 15 is 0 Å². The van der Waals surface area contributed by atoms with Crippen LogP contribution >= 0.6 is 27.5 Å². The van der Waals surface area contributed by atoms with E-state index in [-0.39, 0.29) is 10.7 Å². The molecule has 0 aliphatic heterocycles. The monoisotopic (exact) mass is 370 g/mol. The van der Waals surface area contributed by atoms with Gasteiger partial charge < -0.3 is 10.6 Å². The number of carbonyl (C=O) groups is 2. The minimum atomic E-state index is -0.877. The lowest BCUT2D eigenvalue weighted by Gasteiger charge is -2.07. The molecular formula is C14H9BrClFN2O2. The van der Waals surface area contributed by atoms with Crippen LogP contribution in [0.4, 0.5) is 15.8 Å². The van der Waals surface area contributed by atoms with Gasteiger partial charge >= 0.3 is 11.8 Å². The highest BCUT2D eigenvalue weighted by Crippen LogP contribution is 2.19. The summed E-state index contributed by atoms with van der Waals surface area (Å²) in [6, 6.07) is 10.4. The molecule has 0 aromatic heterocycles. The van der Waals surface area contributed by atoms with Crippen molar-refractivity contribution >= 4 is 50.7 Å². The molecule has 2 rings (SSSR count). The normalized spacial score (nSPS) is 10.0. The van der Waals surface area contributed by atoms with Crippen LogP contribution < -0.4 is 10.6 Å². The summed E-state index contributed by atoms with van der Waals surface area (Å²) >= 11 is 8.85. The summed E-state index contributed by atoms with van der Waals surface area (Å²) in [4.78, 5) is 23.5. The van der Waals surface area contributed by atoms with E-state index in [0.717, 1.165) is 10.5 Å². The van der Waals surface area contributed by atoms with Crippen LogP contribution in [0.5, 0.6) is 0 Å². The molecule has 108 valence electrons. The smallest absolute Gasteiger partial charge is 0.314 e. The van der Waals surface area contributed by atoms with Gasteiger partial charge in [0, 0.05) is 15.8 Å². The van der Waals surface area contributed by atoms with Crippen LogP contribution in [-0.2, 0) is 9.59 Å². The van der Waals surface area contributed by atoms with E-state index < -0.39 is 17.6 Å². The van der Waals surface area contributed by atoms with Crippen molar-refractivity contribution in [1.29, 1.82) is 0 Å². The summed E-state index contributed by atoms with van der Waals surface area (Å²) in [6.07, 6.45) is 0. The SMILES string of the molecule is O=C(Nc1cccc(Br)c1)C(=O)Nc1ccc(F)c(Cl)c1. The lowest BCUT2D eigenvalue weighted by Crippen LogP contribution is -2.29. The van der Waals surface area contributed by atoms with Crippen molar-refractivity contribution in [3.05, 3.63) is 57.8 Å². The number of rotatable bonds is 2. The average Bonchev–Trinajstić information content (AvgIpc) is 2.43. The van der Waals surface area contributed by atoms with Gasteiger partial charge in [-0.25, -0.2) is 4.39 Å². The summed E-state index contributed by atoms with van der Waals surface area (Å²) < 4.78 is 13.8. The zero-order valence-corrected chi connectivity index (χ0v) is 12.8. The number of nitrogens with one attached hydrogen (secondary N) is 2. The fourth-order valence-electron chi connectivity index (χ4n) is 1.52. The summed E-state index contributed by atoms with van der Waals surface area (Å²) in [7, 11) is 0. The second-order valence-corrected chi connectivity index (χ2v) is 5.37. The van der Waals surface area contributed by atoms with Gasteiger partial charge in [-0.3, -0.25) is 9.59 Å². The van der Waals surface area contributed by atoms with Gasteiger partial charge in [-0.05, 0) is 36.4 Å². The topological polar surface area (TPSA) is 58.2 Å². The van der Waals surface area contributed by atoms with Gasteiger partial charge in [0.25, 0.3) is 0 Å². The molecule has 0 unspecified atom stereocenters. The molecular weight excluding hydrogens is 363 g/mol. The molecule has 0 spiro atoms. The minimum absolute atomic E-state index is 0.139. The van der Waals surface area contributed by atoms with E-state index in [1.165, 1.54) is 12.1 Å². The molecule has 0 radical (unpaired) electrons. The Morgan fingerprint density at radius 3 is 2.19 bits per heavy atom. The molecule has 7 heteroatoms. The van der Waals surface area contributed by atoms with Crippen LogP contribution in [0, 0.1) is 5.82 Å². The third kappa shape index (κ3) is 4.27. The van der Waals surface area contributed by atoms with E-state index in [9.17, 15) is 14.0 Å². The molecule has 0 fully saturated rings. The first-order valence-corrected chi connectivity index (χ1v) is 6.96. The molecule has 0 atom stereocenters. The Kier molecular flexibility index (Phi) is 4.93. The van der Waals surface area contributed by atoms with Gasteiger partial charge in [0.05, 0.1) is 5.02 Å². The Bertz CT molecular complexity index is 709. The summed E-state index contributed by atoms with van der Waals surface area (Å²) in [6.45, 7) is 0. The Labute approximate surface area is 133 Å². The molecule has 2 N–H and O–H groups in total. The number of amides is 2. The summed E-state index contributed by atoms with van der Waals surface area (Å²) in [5, 5.41) is 4.63. The maximum absolute atomic E-state index is 13.0. The van der Waals surface area contributed by atoms with Gasteiger partial charge in [-0.1, -0.05) is 33.6 Å². The highest BCUT2D eigenvalue weighted by Gasteiger charge is 2.14. The first kappa shape index (κ1) is 15.5. The van der Waals surface area contributed by atoms with Crippen LogP contribution in [-0.4, -0.2) is 11.8 Å². The fraction of sp³-hybridized carbons (Fsp3) is 0. The van der Waals surface area contributed by atoms with E-state index in [2.05, 4.69) is 26.6 Å². The van der Waals surface area contributed by atoms with Crippen molar-refractivity contribution in [2.24, 2.45) is 0 Å². The third-order valence-electron chi connectivity index (χ3n) is 2.47. The minimum Gasteiger partial charge on any atom is -0.318 e. The molecule has 2 amide bonds. The van der Waals surface area contributed by atoms with Gasteiger partial charge in [0.2, 0.25) is 0 Å². The van der Waals surface area contributed by atoms with Crippen LogP contribution in [0.3, 0.4) is 0 Å². The molecule has 0 aliphatic carbocycles. The molecule has 4 nitrogen and oxygen atoms in total. The number of anilines is 2. The zero-order valence-electron chi connectivity index (χ0n) is 10.5. The Morgan fingerprint density at radius 2 is 1.62 bits per heavy atom. The van der Waals surface area contributed by atoms with E-state index in [0.29, 0.717) is 5.69 Å². The summed E-state index contributed by atoms with van der Waals surface area (Å²) in [5.41, 5.74) is 0.706. The molecule has 2 aromatic carbocycles. The number of hydrogen-bond donors (Lipinski definition) is 2. The van der Waals surface area contributed by atoms with Crippen LogP contribution in [0.1, 0.15) is 0 Å². The van der Waals surface area contributed by atoms with Gasteiger partial charge in [-0.15, -0.1) is 0 Å². The van der Waals surface area contributed by atoms with Crippen molar-refractivity contribution in [3.8, 4) is 0 Å². The number of halogens is 3. The third-order valence-corrected chi connectivity index (χ3v) is 3.25. The van der Waals surface area contributed by atoms with Crippen molar-refractivity contribution < 1.29 is 14.0 Å². The Balaban J connectivity index is 2.02. The molecule has 0 aliphatic rings. The predicted octanol–water partition coefficient (Wildman–Crippen LogP) is 3.82. The van der Waals surface area contributed by atoms with Gasteiger partial charge in [-0.2, -0.15) is 0 Å². The van der Waals surface area contributed by atoms with Crippen LogP contribution in [0.15, 0.2) is 46.9 Å². The first-order valence-electron chi connectivity index (χ1n) is 5.78. The van der Waals surface area contributed by atoms with Crippen LogP contribution in [0.25, 0.3) is 0 Å². The second kappa shape index (κ2) is 6.69. The molecule has 0 saturated heterocycles. The fourth-order valence-corrected chi connectivity index (χ4v) is 2.10. The summed E-state index contributed by atoms with van der Waals surface area (Å²) in [5.74, 6) is -2.32. The highest BCUT2D eigenvalue weighted by molar-refractivity contribution is 9.10. The highest BCUT2D eigenvalue weighted by atomic mass is 79.9. The number of benzene rings is 2. The standard InChI is InChI=1S/C14H9BrClFN2O2/c15-8-2-1-3-9(6-8)18-13(20)14(21)19-10-4-5-12(17)11(16)7-10/h1-7H,(H,18,20)(H,19,21). The van der Waals surface area contributed by atoms with E-state index in [4.69, 9.17) is 11.6 Å². The second-order valence-electron chi connectivity index (χ2n) is 4.05. The average molecular weight is 372 g/mol. The Morgan fingerprint density at radius 1 is 1.00 bits per heavy atom. The van der Waals surface area contributed by atoms with Gasteiger partial charge in [0.15, 0.2) is 0 Å². The lowest BCUT2D eigenvalue weighted by atomic mass is 10.3. The van der Waals surface area contributed by atoms with Crippen molar-refractivity contribution in [2.75, 3.05) is 10.6 Å². The van der Waals surface area contributed by atoms with Crippen molar-refractivity contribution in [1.82, 2.24) is 0 Å². The lowest BCUT2D eigenvalue weighted by molar-refractivity contribution is -0.132. The van der Waals surface area contributed by atoms with Crippen molar-refractivity contribution in [3.63, 3.8) is 0 Å². The van der Waals surface area contributed by atoms with Crippen molar-refractivity contribution in [2.45, 2.75) is 0 Å². The number of carbonyl (C=O) groups excluding carboxylic acids is 2. The maximum Gasteiger partial charge on any atom is 0.314 e. The Hall–Kier alpha value is -1.92. The molecule has 21 heavy (non-hydrogen) atoms. The predicted molar refractivity (Wildman–Crippen MR) is 82.8 cm³/mol. The first-order chi connectivity index (χ1) is 9.95. The van der Waals surface area contributed by atoms with Gasteiger partial charge in [0.1, 0.15) is 5.82 Å². The van der Waals surface area contributed by atoms with E-state index in [1.54, 1.807) is 24.3 Å². The largest absolute Gasteiger partial charge is 0.318 e. The molecule has 2 aromatic rings. The number of hydrogen-bond acceptors (Lipinski definition) is 2.